The van der Waals surface area contributed by atoms with E-state index in [2.05, 4.69) is 10.6 Å². The van der Waals surface area contributed by atoms with Crippen LogP contribution in [-0.4, -0.2) is 39.8 Å². The molecule has 0 saturated carbocycles. The van der Waals surface area contributed by atoms with E-state index in [0.717, 1.165) is 27.5 Å². The van der Waals surface area contributed by atoms with Crippen LogP contribution in [0.5, 0.6) is 0 Å². The van der Waals surface area contributed by atoms with Gasteiger partial charge >= 0.3 is 11.9 Å². The Morgan fingerprint density at radius 3 is 2.06 bits per heavy atom. The Labute approximate surface area is 196 Å². The van der Waals surface area contributed by atoms with Gasteiger partial charge in [0.25, 0.3) is 0 Å². The maximum Gasteiger partial charge on any atom is 0.337 e. The van der Waals surface area contributed by atoms with Gasteiger partial charge in [-0.2, -0.15) is 0 Å². The van der Waals surface area contributed by atoms with Crippen LogP contribution in [0.15, 0.2) is 66.7 Å². The van der Waals surface area contributed by atoms with Crippen LogP contribution >= 0.6 is 0 Å². The Bertz CT molecular complexity index is 1320. The predicted molar refractivity (Wildman–Crippen MR) is 132 cm³/mol. The van der Waals surface area contributed by atoms with Crippen LogP contribution in [0.1, 0.15) is 25.5 Å². The summed E-state index contributed by atoms with van der Waals surface area (Å²) in [5.74, 6) is -2.15. The average molecular weight is 460 g/mol. The lowest BCUT2D eigenvalue weighted by Gasteiger charge is -2.19. The summed E-state index contributed by atoms with van der Waals surface area (Å²) in [6.07, 6.45) is -1.20. The zero-order valence-electron chi connectivity index (χ0n) is 18.8. The number of nitrogens with zero attached hydrogens (tertiary/aromatic N) is 1. The largest absolute Gasteiger partial charge is 0.480 e. The number of para-hydroxylation sites is 2. The highest BCUT2D eigenvalue weighted by Crippen LogP contribution is 2.35. The molecule has 8 heteroatoms. The second-order valence-electron chi connectivity index (χ2n) is 7.87. The first kappa shape index (κ1) is 23.0. The number of nitrogens with one attached hydrogen (secondary N) is 2. The van der Waals surface area contributed by atoms with Crippen molar-refractivity contribution in [3.05, 3.63) is 72.3 Å². The summed E-state index contributed by atoms with van der Waals surface area (Å²) in [6, 6.07) is 19.7. The molecule has 2 unspecified atom stereocenters. The molecule has 4 aromatic rings. The van der Waals surface area contributed by atoms with Crippen LogP contribution in [0.25, 0.3) is 21.8 Å². The summed E-state index contributed by atoms with van der Waals surface area (Å²) in [5.41, 5.74) is 3.89. The predicted octanol–water partition coefficient (Wildman–Crippen LogP) is 5.18. The van der Waals surface area contributed by atoms with Crippen molar-refractivity contribution in [2.75, 3.05) is 17.2 Å². The number of pyridine rings is 1. The standard InChI is InChI=1S/C26H25N3O5/c1-3-34-24(26(32)33)16-12-17(27-15(2)25(30)31)14-18(13-16)28-23-19-8-4-6-10-21(19)29-22-11-7-5-9-20(22)23/h4-15,24,27H,3H2,1-2H3,(H,28,29)(H,30,31)(H,32,33). The molecule has 0 radical (unpaired) electrons. The van der Waals surface area contributed by atoms with Crippen molar-refractivity contribution >= 4 is 50.8 Å². The van der Waals surface area contributed by atoms with Crippen molar-refractivity contribution < 1.29 is 24.5 Å². The number of rotatable bonds is 9. The quantitative estimate of drug-likeness (QED) is 0.253. The van der Waals surface area contributed by atoms with E-state index in [9.17, 15) is 19.8 Å². The highest BCUT2D eigenvalue weighted by Gasteiger charge is 2.22. The molecule has 4 rings (SSSR count). The lowest BCUT2D eigenvalue weighted by atomic mass is 10.0. The molecule has 1 heterocycles. The van der Waals surface area contributed by atoms with Gasteiger partial charge in [0.05, 0.1) is 16.7 Å². The van der Waals surface area contributed by atoms with Gasteiger partial charge in [-0.05, 0) is 49.7 Å². The SMILES string of the molecule is CCOC(C(=O)O)c1cc(Nc2c3ccccc3nc3ccccc23)cc(NC(C)C(=O)O)c1. The van der Waals surface area contributed by atoms with Gasteiger partial charge in [-0.15, -0.1) is 0 Å². The van der Waals surface area contributed by atoms with Gasteiger partial charge in [-0.25, -0.2) is 9.78 Å². The summed E-state index contributed by atoms with van der Waals surface area (Å²) in [4.78, 5) is 28.0. The number of carbonyl (C=O) groups is 2. The number of hydrogen-bond acceptors (Lipinski definition) is 6. The van der Waals surface area contributed by atoms with Crippen LogP contribution < -0.4 is 10.6 Å². The maximum atomic E-state index is 11.9. The van der Waals surface area contributed by atoms with E-state index in [4.69, 9.17) is 9.72 Å². The van der Waals surface area contributed by atoms with Gasteiger partial charge in [0, 0.05) is 28.8 Å². The van der Waals surface area contributed by atoms with Gasteiger partial charge in [0.2, 0.25) is 0 Å². The molecule has 174 valence electrons. The molecule has 4 N–H and O–H groups in total. The number of hydrogen-bond donors (Lipinski definition) is 4. The average Bonchev–Trinajstić information content (AvgIpc) is 2.82. The Morgan fingerprint density at radius 1 is 0.912 bits per heavy atom. The number of benzene rings is 3. The third-order valence-electron chi connectivity index (χ3n) is 5.43. The number of ether oxygens (including phenoxy) is 1. The maximum absolute atomic E-state index is 11.9. The fraction of sp³-hybridized carbons (Fsp3) is 0.192. The molecule has 0 spiro atoms. The number of anilines is 3. The Balaban J connectivity index is 1.86. The van der Waals surface area contributed by atoms with Crippen LogP contribution in [0.3, 0.4) is 0 Å². The summed E-state index contributed by atoms with van der Waals surface area (Å²) in [6.45, 7) is 3.45. The third-order valence-corrected chi connectivity index (χ3v) is 5.43. The third kappa shape index (κ3) is 4.77. The molecule has 3 aromatic carbocycles. The number of fused-ring (bicyclic) bond motifs is 2. The molecule has 0 aliphatic rings. The van der Waals surface area contributed by atoms with E-state index < -0.39 is 24.1 Å². The van der Waals surface area contributed by atoms with Crippen LogP contribution in [0.2, 0.25) is 0 Å². The smallest absolute Gasteiger partial charge is 0.337 e. The topological polar surface area (TPSA) is 121 Å². The highest BCUT2D eigenvalue weighted by molar-refractivity contribution is 6.08. The molecule has 2 atom stereocenters. The van der Waals surface area contributed by atoms with Crippen molar-refractivity contribution in [1.82, 2.24) is 4.98 Å². The van der Waals surface area contributed by atoms with Crippen molar-refractivity contribution in [2.24, 2.45) is 0 Å². The zero-order chi connectivity index (χ0) is 24.2. The minimum atomic E-state index is -1.20. The first-order valence-corrected chi connectivity index (χ1v) is 10.9. The zero-order valence-corrected chi connectivity index (χ0v) is 18.8. The lowest BCUT2D eigenvalue weighted by Crippen LogP contribution is -2.25. The molecule has 0 bridgehead atoms. The van der Waals surface area contributed by atoms with E-state index in [-0.39, 0.29) is 6.61 Å². The molecule has 0 saturated heterocycles. The molecule has 0 aliphatic carbocycles. The van der Waals surface area contributed by atoms with Gasteiger partial charge in [-0.1, -0.05) is 36.4 Å². The van der Waals surface area contributed by atoms with Crippen LogP contribution in [-0.2, 0) is 14.3 Å². The molecular formula is C26H25N3O5. The molecule has 34 heavy (non-hydrogen) atoms. The van der Waals surface area contributed by atoms with Crippen molar-refractivity contribution in [1.29, 1.82) is 0 Å². The monoisotopic (exact) mass is 459 g/mol. The molecule has 8 nitrogen and oxygen atoms in total. The fourth-order valence-corrected chi connectivity index (χ4v) is 3.87. The summed E-state index contributed by atoms with van der Waals surface area (Å²) < 4.78 is 5.46. The van der Waals surface area contributed by atoms with Crippen molar-refractivity contribution in [3.63, 3.8) is 0 Å². The lowest BCUT2D eigenvalue weighted by molar-refractivity contribution is -0.150. The van der Waals surface area contributed by atoms with Gasteiger partial charge in [-0.3, -0.25) is 4.79 Å². The fourth-order valence-electron chi connectivity index (χ4n) is 3.87. The molecule has 0 fully saturated rings. The highest BCUT2D eigenvalue weighted by atomic mass is 16.5. The van der Waals surface area contributed by atoms with Gasteiger partial charge < -0.3 is 25.6 Å². The summed E-state index contributed by atoms with van der Waals surface area (Å²) >= 11 is 0. The minimum Gasteiger partial charge on any atom is -0.480 e. The van der Waals surface area contributed by atoms with E-state index in [1.807, 2.05) is 48.5 Å². The molecular weight excluding hydrogens is 434 g/mol. The number of carboxylic acid groups (broad SMARTS) is 2. The van der Waals surface area contributed by atoms with E-state index in [0.29, 0.717) is 16.9 Å². The minimum absolute atomic E-state index is 0.211. The van der Waals surface area contributed by atoms with E-state index in [1.165, 1.54) is 6.92 Å². The van der Waals surface area contributed by atoms with E-state index >= 15 is 0 Å². The normalized spacial score (nSPS) is 12.9. The van der Waals surface area contributed by atoms with Gasteiger partial charge in [0.15, 0.2) is 6.10 Å². The summed E-state index contributed by atoms with van der Waals surface area (Å²) in [5, 5.41) is 27.2. The Morgan fingerprint density at radius 2 is 1.50 bits per heavy atom. The molecule has 1 aromatic heterocycles. The summed E-state index contributed by atoms with van der Waals surface area (Å²) in [7, 11) is 0. The number of aliphatic carboxylic acids is 2. The molecule has 0 amide bonds. The first-order chi connectivity index (χ1) is 16.4. The Kier molecular flexibility index (Phi) is 6.60. The number of carboxylic acids is 2. The van der Waals surface area contributed by atoms with E-state index in [1.54, 1.807) is 25.1 Å². The van der Waals surface area contributed by atoms with Crippen LogP contribution in [0, 0.1) is 0 Å². The Hall–Kier alpha value is -4.17. The van der Waals surface area contributed by atoms with Gasteiger partial charge in [0.1, 0.15) is 6.04 Å². The second kappa shape index (κ2) is 9.76. The van der Waals surface area contributed by atoms with Crippen LogP contribution in [0.4, 0.5) is 17.1 Å². The van der Waals surface area contributed by atoms with Crippen molar-refractivity contribution in [3.8, 4) is 0 Å². The second-order valence-corrected chi connectivity index (χ2v) is 7.87. The first-order valence-electron chi connectivity index (χ1n) is 10.9. The van der Waals surface area contributed by atoms with Crippen molar-refractivity contribution in [2.45, 2.75) is 26.0 Å². The molecule has 0 aliphatic heterocycles. The number of aromatic nitrogens is 1.